The third-order valence-electron chi connectivity index (χ3n) is 3.66. The van der Waals surface area contributed by atoms with Crippen LogP contribution >= 0.6 is 0 Å². The molecule has 0 saturated heterocycles. The molecular weight excluding hydrogens is 180 g/mol. The SMILES string of the molecule is Cc1[c]c(C)c(C2CCCCC2)c(C)c1. The van der Waals surface area contributed by atoms with Gasteiger partial charge in [-0.15, -0.1) is 0 Å². The lowest BCUT2D eigenvalue weighted by Gasteiger charge is -2.25. The fourth-order valence-electron chi connectivity index (χ4n) is 3.12. The molecule has 0 unspecified atom stereocenters. The zero-order chi connectivity index (χ0) is 10.8. The Morgan fingerprint density at radius 2 is 1.73 bits per heavy atom. The summed E-state index contributed by atoms with van der Waals surface area (Å²) < 4.78 is 0. The number of aryl methyl sites for hydroxylation is 3. The molecule has 1 aromatic rings. The number of hydrogen-bond donors (Lipinski definition) is 0. The van der Waals surface area contributed by atoms with Crippen LogP contribution in [0.1, 0.15) is 60.3 Å². The van der Waals surface area contributed by atoms with Crippen molar-refractivity contribution in [2.24, 2.45) is 0 Å². The Balaban J connectivity index is 2.33. The third-order valence-corrected chi connectivity index (χ3v) is 3.66. The van der Waals surface area contributed by atoms with Crippen LogP contribution in [0.3, 0.4) is 0 Å². The van der Waals surface area contributed by atoms with E-state index in [1.54, 1.807) is 5.56 Å². The molecule has 0 atom stereocenters. The second kappa shape index (κ2) is 4.38. The molecule has 0 bridgehead atoms. The summed E-state index contributed by atoms with van der Waals surface area (Å²) in [6.07, 6.45) is 7.04. The fraction of sp³-hybridized carbons (Fsp3) is 0.600. The summed E-state index contributed by atoms with van der Waals surface area (Å²) in [5, 5.41) is 0. The van der Waals surface area contributed by atoms with E-state index in [0.29, 0.717) is 0 Å². The van der Waals surface area contributed by atoms with Crippen LogP contribution in [-0.4, -0.2) is 0 Å². The Morgan fingerprint density at radius 3 is 2.33 bits per heavy atom. The first kappa shape index (κ1) is 10.7. The maximum absolute atomic E-state index is 3.48. The molecule has 0 aliphatic heterocycles. The van der Waals surface area contributed by atoms with Crippen LogP contribution < -0.4 is 0 Å². The van der Waals surface area contributed by atoms with E-state index < -0.39 is 0 Å². The summed E-state index contributed by atoms with van der Waals surface area (Å²) in [4.78, 5) is 0. The molecule has 1 aliphatic rings. The van der Waals surface area contributed by atoms with Gasteiger partial charge in [-0.2, -0.15) is 0 Å². The normalized spacial score (nSPS) is 18.1. The molecule has 15 heavy (non-hydrogen) atoms. The summed E-state index contributed by atoms with van der Waals surface area (Å²) in [6.45, 7) is 6.63. The van der Waals surface area contributed by atoms with E-state index >= 15 is 0 Å². The minimum atomic E-state index is 0.815. The van der Waals surface area contributed by atoms with Gasteiger partial charge in [0, 0.05) is 0 Å². The standard InChI is InChI=1S/C15H21/c1-11-9-12(2)15(13(3)10-11)14-7-5-4-6-8-14/h9,14H,4-8H2,1-3H3. The molecule has 1 saturated carbocycles. The lowest BCUT2D eigenvalue weighted by Crippen LogP contribution is -2.08. The molecular formula is C15H21. The van der Waals surface area contributed by atoms with Crippen LogP contribution in [0.4, 0.5) is 0 Å². The van der Waals surface area contributed by atoms with E-state index in [1.807, 2.05) is 0 Å². The first-order valence-electron chi connectivity index (χ1n) is 6.18. The average Bonchev–Trinajstić information content (AvgIpc) is 2.17. The van der Waals surface area contributed by atoms with E-state index in [1.165, 1.54) is 48.8 Å². The van der Waals surface area contributed by atoms with Gasteiger partial charge >= 0.3 is 0 Å². The topological polar surface area (TPSA) is 0 Å². The van der Waals surface area contributed by atoms with Crippen LogP contribution in [0.2, 0.25) is 0 Å². The van der Waals surface area contributed by atoms with Gasteiger partial charge < -0.3 is 0 Å². The van der Waals surface area contributed by atoms with Gasteiger partial charge in [0.1, 0.15) is 0 Å². The first-order chi connectivity index (χ1) is 7.18. The second-order valence-electron chi connectivity index (χ2n) is 5.01. The van der Waals surface area contributed by atoms with Gasteiger partial charge in [-0.3, -0.25) is 0 Å². The van der Waals surface area contributed by atoms with Crippen LogP contribution in [0.5, 0.6) is 0 Å². The molecule has 1 radical (unpaired) electrons. The molecule has 0 nitrogen and oxygen atoms in total. The number of rotatable bonds is 1. The van der Waals surface area contributed by atoms with Gasteiger partial charge in [-0.25, -0.2) is 0 Å². The maximum atomic E-state index is 3.48. The fourth-order valence-corrected chi connectivity index (χ4v) is 3.12. The lowest BCUT2D eigenvalue weighted by atomic mass is 9.80. The Labute approximate surface area is 93.7 Å². The zero-order valence-corrected chi connectivity index (χ0v) is 10.2. The van der Waals surface area contributed by atoms with Gasteiger partial charge in [0.25, 0.3) is 0 Å². The monoisotopic (exact) mass is 201 g/mol. The van der Waals surface area contributed by atoms with Crippen molar-refractivity contribution in [2.45, 2.75) is 58.8 Å². The largest absolute Gasteiger partial charge is 0.0555 e. The molecule has 1 aliphatic carbocycles. The van der Waals surface area contributed by atoms with Crippen molar-refractivity contribution < 1.29 is 0 Å². The highest BCUT2D eigenvalue weighted by Crippen LogP contribution is 2.36. The van der Waals surface area contributed by atoms with Gasteiger partial charge in [0.15, 0.2) is 0 Å². The number of benzene rings is 1. The molecule has 0 heterocycles. The predicted octanol–water partition coefficient (Wildman–Crippen LogP) is 4.46. The van der Waals surface area contributed by atoms with Crippen molar-refractivity contribution >= 4 is 0 Å². The Bertz CT molecular complexity index is 320. The van der Waals surface area contributed by atoms with Crippen LogP contribution in [0, 0.1) is 26.8 Å². The maximum Gasteiger partial charge on any atom is -0.0117 e. The molecule has 0 aromatic heterocycles. The van der Waals surface area contributed by atoms with Crippen LogP contribution in [-0.2, 0) is 0 Å². The number of hydrogen-bond acceptors (Lipinski definition) is 0. The second-order valence-corrected chi connectivity index (χ2v) is 5.01. The van der Waals surface area contributed by atoms with E-state index in [-0.39, 0.29) is 0 Å². The summed E-state index contributed by atoms with van der Waals surface area (Å²) in [5.74, 6) is 0.815. The summed E-state index contributed by atoms with van der Waals surface area (Å²) in [7, 11) is 0. The molecule has 0 heteroatoms. The lowest BCUT2D eigenvalue weighted by molar-refractivity contribution is 0.441. The van der Waals surface area contributed by atoms with Crippen molar-refractivity contribution in [3.8, 4) is 0 Å². The van der Waals surface area contributed by atoms with Crippen LogP contribution in [0.25, 0.3) is 0 Å². The first-order valence-corrected chi connectivity index (χ1v) is 6.18. The smallest absolute Gasteiger partial charge is 0.0117 e. The molecule has 0 amide bonds. The van der Waals surface area contributed by atoms with Gasteiger partial charge in [-0.1, -0.05) is 25.3 Å². The minimum Gasteiger partial charge on any atom is -0.0555 e. The highest BCUT2D eigenvalue weighted by molar-refractivity contribution is 5.39. The van der Waals surface area contributed by atoms with Gasteiger partial charge in [-0.05, 0) is 67.9 Å². The summed E-state index contributed by atoms with van der Waals surface area (Å²) in [6, 6.07) is 5.77. The Morgan fingerprint density at radius 1 is 1.07 bits per heavy atom. The summed E-state index contributed by atoms with van der Waals surface area (Å²) in [5.41, 5.74) is 5.75. The van der Waals surface area contributed by atoms with Gasteiger partial charge in [0.2, 0.25) is 0 Å². The molecule has 2 rings (SSSR count). The zero-order valence-electron chi connectivity index (χ0n) is 10.2. The molecule has 1 aromatic carbocycles. The molecule has 81 valence electrons. The van der Waals surface area contributed by atoms with Crippen molar-refractivity contribution in [1.29, 1.82) is 0 Å². The van der Waals surface area contributed by atoms with Crippen molar-refractivity contribution in [3.63, 3.8) is 0 Å². The quantitative estimate of drug-likeness (QED) is 0.629. The average molecular weight is 201 g/mol. The minimum absolute atomic E-state index is 0.815. The van der Waals surface area contributed by atoms with Gasteiger partial charge in [0.05, 0.1) is 0 Å². The van der Waals surface area contributed by atoms with E-state index in [9.17, 15) is 0 Å². The van der Waals surface area contributed by atoms with Crippen molar-refractivity contribution in [2.75, 3.05) is 0 Å². The van der Waals surface area contributed by atoms with Crippen molar-refractivity contribution in [1.82, 2.24) is 0 Å². The Kier molecular flexibility index (Phi) is 3.14. The highest BCUT2D eigenvalue weighted by atomic mass is 14.2. The predicted molar refractivity (Wildman–Crippen MR) is 65.3 cm³/mol. The van der Waals surface area contributed by atoms with E-state index in [2.05, 4.69) is 32.9 Å². The highest BCUT2D eigenvalue weighted by Gasteiger charge is 2.19. The molecule has 1 fully saturated rings. The van der Waals surface area contributed by atoms with Crippen molar-refractivity contribution in [3.05, 3.63) is 34.4 Å². The Hall–Kier alpha value is -0.780. The van der Waals surface area contributed by atoms with Crippen LogP contribution in [0.15, 0.2) is 6.07 Å². The molecule has 0 spiro atoms. The third kappa shape index (κ3) is 2.25. The summed E-state index contributed by atoms with van der Waals surface area (Å²) >= 11 is 0. The van der Waals surface area contributed by atoms with E-state index in [0.717, 1.165) is 5.92 Å². The molecule has 0 N–H and O–H groups in total. The van der Waals surface area contributed by atoms with E-state index in [4.69, 9.17) is 0 Å².